The Hall–Kier alpha value is -2.17. The summed E-state index contributed by atoms with van der Waals surface area (Å²) in [6, 6.07) is 10.8. The first-order valence-corrected chi connectivity index (χ1v) is 7.41. The molecule has 0 bridgehead atoms. The van der Waals surface area contributed by atoms with Gasteiger partial charge in [-0.05, 0) is 42.3 Å². The highest BCUT2D eigenvalue weighted by Gasteiger charge is 2.14. The number of hydrogen-bond donors (Lipinski definition) is 2. The number of aliphatic hydroxyl groups excluding tert-OH is 1. The molecule has 0 fully saturated rings. The number of nitrogens with one attached hydrogen (secondary N) is 1. The molecule has 112 valence electrons. The van der Waals surface area contributed by atoms with Crippen molar-refractivity contribution in [2.75, 3.05) is 0 Å². The highest BCUT2D eigenvalue weighted by Crippen LogP contribution is 2.22. The molecule has 22 heavy (non-hydrogen) atoms. The lowest BCUT2D eigenvalue weighted by Crippen LogP contribution is -2.04. The number of ketones is 1. The van der Waals surface area contributed by atoms with Crippen LogP contribution in [0.3, 0.4) is 0 Å². The van der Waals surface area contributed by atoms with Crippen molar-refractivity contribution in [2.45, 2.75) is 18.9 Å². The Bertz CT molecular complexity index is 799. The van der Waals surface area contributed by atoms with Gasteiger partial charge >= 0.3 is 0 Å². The van der Waals surface area contributed by atoms with Crippen LogP contribution in [0.15, 0.2) is 48.8 Å². The molecule has 0 radical (unpaired) electrons. The zero-order chi connectivity index (χ0) is 15.5. The number of fused-ring (bicyclic) bond motifs is 1. The largest absolute Gasteiger partial charge is 0.388 e. The topological polar surface area (TPSA) is 66.0 Å². The van der Waals surface area contributed by atoms with Gasteiger partial charge in [0.15, 0.2) is 5.78 Å². The predicted molar refractivity (Wildman–Crippen MR) is 86.1 cm³/mol. The zero-order valence-electron chi connectivity index (χ0n) is 11.8. The molecule has 1 unspecified atom stereocenters. The number of carbonyl (C=O) groups excluding carboxylic acids is 1. The van der Waals surface area contributed by atoms with Gasteiger partial charge in [0.2, 0.25) is 0 Å². The van der Waals surface area contributed by atoms with Crippen LogP contribution in [0.5, 0.6) is 0 Å². The van der Waals surface area contributed by atoms with Crippen molar-refractivity contribution in [3.05, 3.63) is 65.1 Å². The fourth-order valence-corrected chi connectivity index (χ4v) is 2.58. The lowest BCUT2D eigenvalue weighted by molar-refractivity contribution is 0.0936. The minimum absolute atomic E-state index is 0.0322. The van der Waals surface area contributed by atoms with E-state index in [0.29, 0.717) is 17.1 Å². The summed E-state index contributed by atoms with van der Waals surface area (Å²) in [5.74, 6) is -0.0322. The minimum atomic E-state index is -0.684. The van der Waals surface area contributed by atoms with E-state index in [1.165, 1.54) is 0 Å². The van der Waals surface area contributed by atoms with E-state index < -0.39 is 6.10 Å². The van der Waals surface area contributed by atoms with Gasteiger partial charge in [0.25, 0.3) is 0 Å². The average Bonchev–Trinajstić information content (AvgIpc) is 2.96. The van der Waals surface area contributed by atoms with Crippen molar-refractivity contribution >= 4 is 28.3 Å². The SMILES string of the molecule is O=C(CCC(O)c1cccnc1)c1cc2cc(Cl)ccc2[nH]1. The second-order valence-corrected chi connectivity index (χ2v) is 5.62. The number of carbonyl (C=O) groups is 1. The first kappa shape index (κ1) is 14.8. The number of pyridine rings is 1. The Morgan fingerprint density at radius 1 is 1.32 bits per heavy atom. The number of hydrogen-bond acceptors (Lipinski definition) is 3. The van der Waals surface area contributed by atoms with Crippen LogP contribution in [0.4, 0.5) is 0 Å². The standard InChI is InChI=1S/C17H15ClN2O2/c18-13-3-4-14-12(8-13)9-15(20-14)17(22)6-5-16(21)11-2-1-7-19-10-11/h1-4,7-10,16,20-21H,5-6H2. The van der Waals surface area contributed by atoms with Crippen molar-refractivity contribution in [3.8, 4) is 0 Å². The number of nitrogens with zero attached hydrogens (tertiary/aromatic N) is 1. The molecule has 0 spiro atoms. The summed E-state index contributed by atoms with van der Waals surface area (Å²) in [4.78, 5) is 19.3. The van der Waals surface area contributed by atoms with E-state index in [2.05, 4.69) is 9.97 Å². The van der Waals surface area contributed by atoms with Gasteiger partial charge in [-0.2, -0.15) is 0 Å². The van der Waals surface area contributed by atoms with E-state index in [9.17, 15) is 9.90 Å². The third-order valence-corrected chi connectivity index (χ3v) is 3.83. The Morgan fingerprint density at radius 2 is 2.18 bits per heavy atom. The summed E-state index contributed by atoms with van der Waals surface area (Å²) in [5.41, 5.74) is 2.13. The summed E-state index contributed by atoms with van der Waals surface area (Å²) < 4.78 is 0. The third kappa shape index (κ3) is 3.18. The highest BCUT2D eigenvalue weighted by atomic mass is 35.5. The van der Waals surface area contributed by atoms with Crippen LogP contribution in [0, 0.1) is 0 Å². The second-order valence-electron chi connectivity index (χ2n) is 5.18. The molecule has 0 saturated heterocycles. The van der Waals surface area contributed by atoms with Crippen LogP contribution in [-0.2, 0) is 0 Å². The van der Waals surface area contributed by atoms with Gasteiger partial charge in [-0.1, -0.05) is 17.7 Å². The summed E-state index contributed by atoms with van der Waals surface area (Å²) in [6.07, 6.45) is 3.20. The molecule has 3 aromatic rings. The van der Waals surface area contributed by atoms with E-state index in [4.69, 9.17) is 11.6 Å². The maximum absolute atomic E-state index is 12.2. The minimum Gasteiger partial charge on any atom is -0.388 e. The van der Waals surface area contributed by atoms with Gasteiger partial charge < -0.3 is 10.1 Å². The molecule has 2 N–H and O–H groups in total. The molecule has 2 aromatic heterocycles. The number of rotatable bonds is 5. The Kier molecular flexibility index (Phi) is 4.22. The molecular weight excluding hydrogens is 300 g/mol. The molecule has 5 heteroatoms. The first-order chi connectivity index (χ1) is 10.6. The van der Waals surface area contributed by atoms with Gasteiger partial charge in [-0.25, -0.2) is 0 Å². The monoisotopic (exact) mass is 314 g/mol. The normalized spacial score (nSPS) is 12.5. The van der Waals surface area contributed by atoms with Crippen molar-refractivity contribution in [1.29, 1.82) is 0 Å². The molecule has 0 aliphatic heterocycles. The molecule has 1 atom stereocenters. The number of aromatic nitrogens is 2. The number of Topliss-reactive ketones (excluding diaryl/α,β-unsaturated/α-hetero) is 1. The first-order valence-electron chi connectivity index (χ1n) is 7.03. The third-order valence-electron chi connectivity index (χ3n) is 3.60. The number of aromatic amines is 1. The smallest absolute Gasteiger partial charge is 0.179 e. The van der Waals surface area contributed by atoms with E-state index in [-0.39, 0.29) is 12.2 Å². The highest BCUT2D eigenvalue weighted by molar-refractivity contribution is 6.31. The zero-order valence-corrected chi connectivity index (χ0v) is 12.5. The van der Waals surface area contributed by atoms with Crippen LogP contribution in [-0.4, -0.2) is 20.9 Å². The molecule has 0 amide bonds. The maximum atomic E-state index is 12.2. The van der Waals surface area contributed by atoms with Crippen LogP contribution in [0.25, 0.3) is 10.9 Å². The van der Waals surface area contributed by atoms with Gasteiger partial charge in [-0.15, -0.1) is 0 Å². The fourth-order valence-electron chi connectivity index (χ4n) is 2.40. The number of aliphatic hydroxyl groups is 1. The van der Waals surface area contributed by atoms with Crippen molar-refractivity contribution in [3.63, 3.8) is 0 Å². The van der Waals surface area contributed by atoms with Crippen LogP contribution < -0.4 is 0 Å². The number of halogens is 1. The quantitative estimate of drug-likeness (QED) is 0.702. The van der Waals surface area contributed by atoms with Gasteiger partial charge in [-0.3, -0.25) is 9.78 Å². The molecule has 2 heterocycles. The van der Waals surface area contributed by atoms with Gasteiger partial charge in [0.05, 0.1) is 11.8 Å². The number of H-pyrrole nitrogens is 1. The van der Waals surface area contributed by atoms with Crippen molar-refractivity contribution in [1.82, 2.24) is 9.97 Å². The van der Waals surface area contributed by atoms with E-state index >= 15 is 0 Å². The van der Waals surface area contributed by atoms with Crippen molar-refractivity contribution in [2.24, 2.45) is 0 Å². The molecule has 3 rings (SSSR count). The van der Waals surface area contributed by atoms with Gasteiger partial charge in [0, 0.05) is 34.7 Å². The van der Waals surface area contributed by atoms with Crippen LogP contribution in [0.2, 0.25) is 5.02 Å². The van der Waals surface area contributed by atoms with Gasteiger partial charge in [0.1, 0.15) is 0 Å². The summed E-state index contributed by atoms with van der Waals surface area (Å²) in [6.45, 7) is 0. The molecular formula is C17H15ClN2O2. The average molecular weight is 315 g/mol. The Balaban J connectivity index is 1.68. The molecule has 0 aliphatic carbocycles. The maximum Gasteiger partial charge on any atom is 0.179 e. The molecule has 0 aliphatic rings. The lowest BCUT2D eigenvalue weighted by Gasteiger charge is -2.09. The van der Waals surface area contributed by atoms with E-state index in [1.54, 1.807) is 36.7 Å². The van der Waals surface area contributed by atoms with E-state index in [0.717, 1.165) is 16.5 Å². The predicted octanol–water partition coefficient (Wildman–Crippen LogP) is 3.91. The summed E-state index contributed by atoms with van der Waals surface area (Å²) in [5, 5.41) is 11.6. The van der Waals surface area contributed by atoms with Crippen LogP contribution >= 0.6 is 11.6 Å². The summed E-state index contributed by atoms with van der Waals surface area (Å²) >= 11 is 5.94. The second kappa shape index (κ2) is 6.30. The Labute approximate surface area is 132 Å². The lowest BCUT2D eigenvalue weighted by atomic mass is 10.0. The Morgan fingerprint density at radius 3 is 2.95 bits per heavy atom. The molecule has 1 aromatic carbocycles. The van der Waals surface area contributed by atoms with Crippen molar-refractivity contribution < 1.29 is 9.90 Å². The fraction of sp³-hybridized carbons (Fsp3) is 0.176. The number of benzene rings is 1. The molecule has 0 saturated carbocycles. The summed E-state index contributed by atoms with van der Waals surface area (Å²) in [7, 11) is 0. The molecule has 4 nitrogen and oxygen atoms in total. The van der Waals surface area contributed by atoms with Crippen LogP contribution in [0.1, 0.15) is 35.0 Å². The van der Waals surface area contributed by atoms with E-state index in [1.807, 2.05) is 12.1 Å².